The highest BCUT2D eigenvalue weighted by molar-refractivity contribution is 5.44. The molecule has 2 rings (SSSR count). The predicted octanol–water partition coefficient (Wildman–Crippen LogP) is 2.79. The van der Waals surface area contributed by atoms with E-state index >= 15 is 0 Å². The van der Waals surface area contributed by atoms with Gasteiger partial charge in [0.05, 0.1) is 24.1 Å². The zero-order valence-corrected chi connectivity index (χ0v) is 11.5. The van der Waals surface area contributed by atoms with Gasteiger partial charge >= 0.3 is 0 Å². The van der Waals surface area contributed by atoms with Gasteiger partial charge in [0.25, 0.3) is 0 Å². The third kappa shape index (κ3) is 3.39. The topological polar surface area (TPSA) is 68.3 Å². The Bertz CT molecular complexity index is 491. The zero-order chi connectivity index (χ0) is 13.9. The maximum Gasteiger partial charge on any atom is 0.127 e. The molecule has 1 atom stereocenters. The van der Waals surface area contributed by atoms with Crippen LogP contribution in [0.15, 0.2) is 18.2 Å². The van der Waals surface area contributed by atoms with Gasteiger partial charge in [0, 0.05) is 11.6 Å². The molecule has 1 unspecified atom stereocenters. The van der Waals surface area contributed by atoms with E-state index in [0.29, 0.717) is 13.2 Å². The Morgan fingerprint density at radius 3 is 3.05 bits per heavy atom. The Balaban J connectivity index is 1.83. The Kier molecular flexibility index (Phi) is 3.96. The Labute approximate surface area is 114 Å². The minimum Gasteiger partial charge on any atom is -0.493 e. The van der Waals surface area contributed by atoms with E-state index < -0.39 is 0 Å². The molecule has 19 heavy (non-hydrogen) atoms. The van der Waals surface area contributed by atoms with Crippen LogP contribution in [-0.4, -0.2) is 13.2 Å². The highest BCUT2D eigenvalue weighted by Gasteiger charge is 2.21. The van der Waals surface area contributed by atoms with E-state index in [2.05, 4.69) is 6.07 Å². The summed E-state index contributed by atoms with van der Waals surface area (Å²) in [5.41, 5.74) is 6.64. The summed E-state index contributed by atoms with van der Waals surface area (Å²) in [5, 5.41) is 8.92. The van der Waals surface area contributed by atoms with Crippen molar-refractivity contribution in [3.05, 3.63) is 23.8 Å². The van der Waals surface area contributed by atoms with E-state index in [0.717, 1.165) is 29.9 Å². The maximum absolute atomic E-state index is 8.92. The van der Waals surface area contributed by atoms with Crippen LogP contribution in [0.4, 0.5) is 0 Å². The van der Waals surface area contributed by atoms with Crippen molar-refractivity contribution in [1.82, 2.24) is 0 Å². The fraction of sp³-hybridized carbons (Fsp3) is 0.533. The summed E-state index contributed by atoms with van der Waals surface area (Å²) >= 11 is 0. The van der Waals surface area contributed by atoms with Gasteiger partial charge in [0.1, 0.15) is 18.1 Å². The van der Waals surface area contributed by atoms with Gasteiger partial charge < -0.3 is 15.2 Å². The predicted molar refractivity (Wildman–Crippen MR) is 73.0 cm³/mol. The van der Waals surface area contributed by atoms with Crippen LogP contribution >= 0.6 is 0 Å². The van der Waals surface area contributed by atoms with Gasteiger partial charge in [-0.25, -0.2) is 0 Å². The first-order valence-corrected chi connectivity index (χ1v) is 6.58. The average molecular weight is 260 g/mol. The number of nitrogens with two attached hydrogens (primary N) is 1. The van der Waals surface area contributed by atoms with Crippen LogP contribution in [0.25, 0.3) is 0 Å². The summed E-state index contributed by atoms with van der Waals surface area (Å²) in [6, 6.07) is 8.03. The van der Waals surface area contributed by atoms with E-state index in [1.165, 1.54) is 0 Å². The second kappa shape index (κ2) is 5.50. The molecule has 0 fully saturated rings. The minimum atomic E-state index is -0.281. The van der Waals surface area contributed by atoms with Crippen LogP contribution in [0, 0.1) is 16.7 Å². The fourth-order valence-electron chi connectivity index (χ4n) is 2.07. The number of benzene rings is 1. The van der Waals surface area contributed by atoms with Crippen molar-refractivity contribution < 1.29 is 9.47 Å². The average Bonchev–Trinajstić information content (AvgIpc) is 2.76. The minimum absolute atomic E-state index is 0.0273. The number of hydrogen-bond acceptors (Lipinski definition) is 4. The third-order valence-corrected chi connectivity index (χ3v) is 3.32. The van der Waals surface area contributed by atoms with Crippen molar-refractivity contribution in [1.29, 1.82) is 5.26 Å². The second-order valence-electron chi connectivity index (χ2n) is 5.56. The standard InChI is InChI=1S/C15H20N2O2/c1-15(2,10-16)6-3-7-18-11-4-5-12-13(17)9-19-14(12)8-11/h4-5,8,13H,3,6-7,9,17H2,1-2H3. The fourth-order valence-corrected chi connectivity index (χ4v) is 2.07. The highest BCUT2D eigenvalue weighted by Crippen LogP contribution is 2.34. The summed E-state index contributed by atoms with van der Waals surface area (Å²) in [6.45, 7) is 5.03. The Morgan fingerprint density at radius 2 is 2.32 bits per heavy atom. The number of fused-ring (bicyclic) bond motifs is 1. The van der Waals surface area contributed by atoms with Crippen molar-refractivity contribution in [3.63, 3.8) is 0 Å². The van der Waals surface area contributed by atoms with Gasteiger partial charge in [-0.1, -0.05) is 0 Å². The van der Waals surface area contributed by atoms with Gasteiger partial charge in [-0.2, -0.15) is 5.26 Å². The molecule has 0 aromatic heterocycles. The zero-order valence-electron chi connectivity index (χ0n) is 11.5. The molecular weight excluding hydrogens is 240 g/mol. The molecule has 4 nitrogen and oxygen atoms in total. The molecule has 1 aromatic carbocycles. The molecule has 0 spiro atoms. The quantitative estimate of drug-likeness (QED) is 0.826. The Morgan fingerprint density at radius 1 is 1.53 bits per heavy atom. The van der Waals surface area contributed by atoms with E-state index in [-0.39, 0.29) is 11.5 Å². The van der Waals surface area contributed by atoms with Gasteiger partial charge in [-0.05, 0) is 38.8 Å². The number of ether oxygens (including phenoxy) is 2. The van der Waals surface area contributed by atoms with E-state index in [1.54, 1.807) is 0 Å². The van der Waals surface area contributed by atoms with Gasteiger partial charge in [-0.3, -0.25) is 0 Å². The van der Waals surface area contributed by atoms with Crippen LogP contribution < -0.4 is 15.2 Å². The number of nitrogens with zero attached hydrogens (tertiary/aromatic N) is 1. The number of nitriles is 1. The molecule has 1 aromatic rings. The van der Waals surface area contributed by atoms with Crippen molar-refractivity contribution >= 4 is 0 Å². The lowest BCUT2D eigenvalue weighted by Crippen LogP contribution is -2.10. The van der Waals surface area contributed by atoms with Crippen LogP contribution in [0.5, 0.6) is 11.5 Å². The highest BCUT2D eigenvalue weighted by atomic mass is 16.5. The lowest BCUT2D eigenvalue weighted by molar-refractivity contribution is 0.282. The molecule has 4 heteroatoms. The first-order chi connectivity index (χ1) is 9.02. The SMILES string of the molecule is CC(C)(C#N)CCCOc1ccc2c(c1)OCC2N. The molecule has 0 radical (unpaired) electrons. The molecule has 0 saturated heterocycles. The maximum atomic E-state index is 8.92. The summed E-state index contributed by atoms with van der Waals surface area (Å²) in [7, 11) is 0. The number of rotatable bonds is 5. The molecule has 0 aliphatic carbocycles. The van der Waals surface area contributed by atoms with E-state index in [9.17, 15) is 0 Å². The molecule has 1 aliphatic heterocycles. The molecular formula is C15H20N2O2. The summed E-state index contributed by atoms with van der Waals surface area (Å²) in [5.74, 6) is 1.62. The van der Waals surface area contributed by atoms with E-state index in [4.69, 9.17) is 20.5 Å². The van der Waals surface area contributed by atoms with Crippen LogP contribution in [0.2, 0.25) is 0 Å². The molecule has 1 heterocycles. The van der Waals surface area contributed by atoms with Crippen molar-refractivity contribution in [3.8, 4) is 17.6 Å². The van der Waals surface area contributed by atoms with Gasteiger partial charge in [0.15, 0.2) is 0 Å². The normalized spacial score (nSPS) is 17.5. The third-order valence-electron chi connectivity index (χ3n) is 3.32. The lowest BCUT2D eigenvalue weighted by atomic mass is 9.90. The first kappa shape index (κ1) is 13.7. The van der Waals surface area contributed by atoms with Crippen molar-refractivity contribution in [2.24, 2.45) is 11.1 Å². The van der Waals surface area contributed by atoms with Crippen molar-refractivity contribution in [2.45, 2.75) is 32.7 Å². The van der Waals surface area contributed by atoms with Crippen LogP contribution in [0.1, 0.15) is 38.3 Å². The van der Waals surface area contributed by atoms with Gasteiger partial charge in [0.2, 0.25) is 0 Å². The monoisotopic (exact) mass is 260 g/mol. The molecule has 1 aliphatic rings. The second-order valence-corrected chi connectivity index (χ2v) is 5.56. The molecule has 0 amide bonds. The lowest BCUT2D eigenvalue weighted by Gasteiger charge is -2.15. The largest absolute Gasteiger partial charge is 0.493 e. The van der Waals surface area contributed by atoms with Crippen LogP contribution in [0.3, 0.4) is 0 Å². The first-order valence-electron chi connectivity index (χ1n) is 6.58. The molecule has 0 bridgehead atoms. The summed E-state index contributed by atoms with van der Waals surface area (Å²) in [4.78, 5) is 0. The van der Waals surface area contributed by atoms with E-state index in [1.807, 2.05) is 32.0 Å². The molecule has 102 valence electrons. The van der Waals surface area contributed by atoms with Gasteiger partial charge in [-0.15, -0.1) is 0 Å². The smallest absolute Gasteiger partial charge is 0.127 e. The molecule has 0 saturated carbocycles. The Hall–Kier alpha value is -1.73. The molecule has 2 N–H and O–H groups in total. The summed E-state index contributed by atoms with van der Waals surface area (Å²) in [6.07, 6.45) is 1.69. The van der Waals surface area contributed by atoms with Crippen LogP contribution in [-0.2, 0) is 0 Å². The van der Waals surface area contributed by atoms with Crippen molar-refractivity contribution in [2.75, 3.05) is 13.2 Å². The summed E-state index contributed by atoms with van der Waals surface area (Å²) < 4.78 is 11.2. The number of hydrogen-bond donors (Lipinski definition) is 1.